The van der Waals surface area contributed by atoms with E-state index in [0.29, 0.717) is 24.6 Å². The van der Waals surface area contributed by atoms with Crippen LogP contribution in [0.1, 0.15) is 59.1 Å². The third-order valence-corrected chi connectivity index (χ3v) is 5.03. The third kappa shape index (κ3) is 4.98. The molecule has 1 atom stereocenters. The average Bonchev–Trinajstić information content (AvgIpc) is 3.34. The second-order valence-corrected chi connectivity index (χ2v) is 8.57. The molecular formula is C22H33N7O2. The number of carbonyl (C=O) groups excluding carboxylic acids is 1. The maximum absolute atomic E-state index is 12.5. The molecule has 4 rings (SSSR count). The zero-order valence-electron chi connectivity index (χ0n) is 19.3. The molecule has 0 saturated carbocycles. The molecule has 0 radical (unpaired) electrons. The first kappa shape index (κ1) is 22.6. The molecule has 2 N–H and O–H groups in total. The van der Waals surface area contributed by atoms with Crippen molar-refractivity contribution in [2.75, 3.05) is 18.8 Å². The van der Waals surface area contributed by atoms with Crippen LogP contribution in [0.25, 0.3) is 16.8 Å². The molecule has 3 aromatic heterocycles. The number of amides is 1. The Morgan fingerprint density at radius 1 is 1.23 bits per heavy atom. The van der Waals surface area contributed by atoms with E-state index in [0.717, 1.165) is 29.7 Å². The van der Waals surface area contributed by atoms with Crippen molar-refractivity contribution in [3.8, 4) is 11.1 Å². The molecule has 1 fully saturated rings. The SMILES string of the molecule is CC.Cn1cc(-c2cnn3c(N)cc(C4CCCN(C(=O)OC(C)(C)C)C4)nc23)cn1. The fourth-order valence-electron chi connectivity index (χ4n) is 3.69. The Morgan fingerprint density at radius 3 is 2.61 bits per heavy atom. The lowest BCUT2D eigenvalue weighted by atomic mass is 9.94. The van der Waals surface area contributed by atoms with Crippen molar-refractivity contribution < 1.29 is 9.53 Å². The van der Waals surface area contributed by atoms with Gasteiger partial charge in [0.15, 0.2) is 5.65 Å². The molecule has 1 saturated heterocycles. The third-order valence-electron chi connectivity index (χ3n) is 5.03. The minimum atomic E-state index is -0.512. The van der Waals surface area contributed by atoms with E-state index in [2.05, 4.69) is 10.2 Å². The van der Waals surface area contributed by atoms with Crippen molar-refractivity contribution in [3.05, 3.63) is 30.4 Å². The summed E-state index contributed by atoms with van der Waals surface area (Å²) in [5.41, 5.74) is 9.14. The summed E-state index contributed by atoms with van der Waals surface area (Å²) in [5.74, 6) is 0.620. The summed E-state index contributed by atoms with van der Waals surface area (Å²) >= 11 is 0. The summed E-state index contributed by atoms with van der Waals surface area (Å²) in [4.78, 5) is 19.1. The van der Waals surface area contributed by atoms with Gasteiger partial charge in [-0.3, -0.25) is 4.68 Å². The first-order chi connectivity index (χ1) is 14.7. The number of rotatable bonds is 2. The van der Waals surface area contributed by atoms with Gasteiger partial charge in [-0.25, -0.2) is 9.78 Å². The molecule has 0 aromatic carbocycles. The highest BCUT2D eigenvalue weighted by molar-refractivity contribution is 5.77. The summed E-state index contributed by atoms with van der Waals surface area (Å²) < 4.78 is 8.92. The van der Waals surface area contributed by atoms with Gasteiger partial charge in [-0.15, -0.1) is 0 Å². The normalized spacial score (nSPS) is 16.7. The van der Waals surface area contributed by atoms with Crippen molar-refractivity contribution in [1.29, 1.82) is 0 Å². The highest BCUT2D eigenvalue weighted by Gasteiger charge is 2.29. The smallest absolute Gasteiger partial charge is 0.410 e. The van der Waals surface area contributed by atoms with Gasteiger partial charge in [-0.1, -0.05) is 13.8 Å². The highest BCUT2D eigenvalue weighted by atomic mass is 16.6. The zero-order chi connectivity index (χ0) is 22.8. The fourth-order valence-corrected chi connectivity index (χ4v) is 3.69. The van der Waals surface area contributed by atoms with Gasteiger partial charge in [0.1, 0.15) is 11.4 Å². The van der Waals surface area contributed by atoms with E-state index in [1.54, 1.807) is 26.5 Å². The number of aryl methyl sites for hydroxylation is 1. The van der Waals surface area contributed by atoms with Crippen LogP contribution in [0.3, 0.4) is 0 Å². The van der Waals surface area contributed by atoms with Crippen molar-refractivity contribution in [3.63, 3.8) is 0 Å². The summed E-state index contributed by atoms with van der Waals surface area (Å²) in [6.45, 7) is 10.9. The van der Waals surface area contributed by atoms with Crippen LogP contribution in [-0.4, -0.2) is 54.1 Å². The number of ether oxygens (including phenoxy) is 1. The Balaban J connectivity index is 0.00000132. The van der Waals surface area contributed by atoms with Crippen LogP contribution in [0, 0.1) is 0 Å². The van der Waals surface area contributed by atoms with E-state index < -0.39 is 5.60 Å². The fraction of sp³-hybridized carbons (Fsp3) is 0.545. The van der Waals surface area contributed by atoms with Crippen molar-refractivity contribution >= 4 is 17.6 Å². The summed E-state index contributed by atoms with van der Waals surface area (Å²) in [5, 5.41) is 8.62. The maximum atomic E-state index is 12.5. The lowest BCUT2D eigenvalue weighted by molar-refractivity contribution is 0.0197. The molecule has 9 nitrogen and oxygen atoms in total. The number of likely N-dealkylation sites (tertiary alicyclic amines) is 1. The molecule has 1 amide bonds. The number of anilines is 1. The number of nitrogens with two attached hydrogens (primary N) is 1. The second kappa shape index (κ2) is 8.95. The second-order valence-electron chi connectivity index (χ2n) is 8.57. The van der Waals surface area contributed by atoms with E-state index in [9.17, 15) is 4.79 Å². The first-order valence-electron chi connectivity index (χ1n) is 10.8. The van der Waals surface area contributed by atoms with Crippen molar-refractivity contribution in [1.82, 2.24) is 29.3 Å². The molecule has 0 bridgehead atoms. The van der Waals surface area contributed by atoms with Crippen LogP contribution in [0.5, 0.6) is 0 Å². The van der Waals surface area contributed by atoms with Gasteiger partial charge in [0.25, 0.3) is 0 Å². The van der Waals surface area contributed by atoms with Gasteiger partial charge in [-0.05, 0) is 33.6 Å². The zero-order valence-corrected chi connectivity index (χ0v) is 19.3. The molecule has 9 heteroatoms. The summed E-state index contributed by atoms with van der Waals surface area (Å²) in [6.07, 6.45) is 7.02. The van der Waals surface area contributed by atoms with Gasteiger partial charge >= 0.3 is 6.09 Å². The number of nitrogen functional groups attached to an aromatic ring is 1. The quantitative estimate of drug-likeness (QED) is 0.666. The Labute approximate surface area is 183 Å². The predicted octanol–water partition coefficient (Wildman–Crippen LogP) is 3.85. The Bertz CT molecular complexity index is 1050. The van der Waals surface area contributed by atoms with Crippen LogP contribution in [0.2, 0.25) is 0 Å². The van der Waals surface area contributed by atoms with Crippen LogP contribution < -0.4 is 5.73 Å². The summed E-state index contributed by atoms with van der Waals surface area (Å²) in [7, 11) is 1.87. The molecule has 0 spiro atoms. The molecule has 1 aliphatic rings. The molecular weight excluding hydrogens is 394 g/mol. The molecule has 0 aliphatic carbocycles. The molecule has 168 valence electrons. The minimum Gasteiger partial charge on any atom is -0.444 e. The highest BCUT2D eigenvalue weighted by Crippen LogP contribution is 2.30. The number of hydrogen-bond acceptors (Lipinski definition) is 6. The van der Waals surface area contributed by atoms with Crippen molar-refractivity contribution in [2.24, 2.45) is 7.05 Å². The largest absolute Gasteiger partial charge is 0.444 e. The average molecular weight is 428 g/mol. The van der Waals surface area contributed by atoms with Gasteiger partial charge < -0.3 is 15.4 Å². The Kier molecular flexibility index (Phi) is 6.52. The number of fused-ring (bicyclic) bond motifs is 1. The Hall–Kier alpha value is -3.10. The van der Waals surface area contributed by atoms with E-state index >= 15 is 0 Å². The van der Waals surface area contributed by atoms with Gasteiger partial charge in [-0.2, -0.15) is 14.7 Å². The predicted molar refractivity (Wildman–Crippen MR) is 121 cm³/mol. The van der Waals surface area contributed by atoms with Gasteiger partial charge in [0, 0.05) is 49.4 Å². The van der Waals surface area contributed by atoms with E-state index in [4.69, 9.17) is 15.5 Å². The topological polar surface area (TPSA) is 104 Å². The number of carbonyl (C=O) groups is 1. The number of aromatic nitrogens is 5. The molecule has 1 aliphatic heterocycles. The Morgan fingerprint density at radius 2 is 1.97 bits per heavy atom. The molecule has 3 aromatic rings. The van der Waals surface area contributed by atoms with Gasteiger partial charge in [0.2, 0.25) is 0 Å². The first-order valence-corrected chi connectivity index (χ1v) is 10.8. The molecule has 1 unspecified atom stereocenters. The lowest BCUT2D eigenvalue weighted by Crippen LogP contribution is -2.42. The van der Waals surface area contributed by atoms with E-state index in [1.807, 2.05) is 53.9 Å². The van der Waals surface area contributed by atoms with Crippen molar-refractivity contribution in [2.45, 2.75) is 59.0 Å². The maximum Gasteiger partial charge on any atom is 0.410 e. The molecule has 4 heterocycles. The van der Waals surface area contributed by atoms with Crippen LogP contribution in [-0.2, 0) is 11.8 Å². The standard InChI is InChI=1S/C20H27N7O2.C2H6/c1-20(2,3)29-19(28)26-7-5-6-13(12-26)16-8-17(21)27-18(24-16)15(10-23-27)14-9-22-25(4)11-14;1-2/h8-11,13H,5-7,12,21H2,1-4H3;1-2H3. The lowest BCUT2D eigenvalue weighted by Gasteiger charge is -2.34. The van der Waals surface area contributed by atoms with Crippen LogP contribution in [0.4, 0.5) is 10.6 Å². The van der Waals surface area contributed by atoms with Crippen LogP contribution >= 0.6 is 0 Å². The van der Waals surface area contributed by atoms with Crippen LogP contribution in [0.15, 0.2) is 24.7 Å². The van der Waals surface area contributed by atoms with Gasteiger partial charge in [0.05, 0.1) is 18.1 Å². The minimum absolute atomic E-state index is 0.0974. The van der Waals surface area contributed by atoms with E-state index in [1.165, 1.54) is 0 Å². The number of hydrogen-bond donors (Lipinski definition) is 1. The van der Waals surface area contributed by atoms with E-state index in [-0.39, 0.29) is 12.0 Å². The number of piperidine rings is 1. The number of nitrogens with zero attached hydrogens (tertiary/aromatic N) is 6. The molecule has 31 heavy (non-hydrogen) atoms. The summed E-state index contributed by atoms with van der Waals surface area (Å²) in [6, 6.07) is 1.86. The monoisotopic (exact) mass is 427 g/mol.